The first-order chi connectivity index (χ1) is 10.5. The number of amides is 1. The molecular weight excluding hydrogens is 274 g/mol. The molecule has 1 aromatic carbocycles. The van der Waals surface area contributed by atoms with Crippen LogP contribution >= 0.6 is 0 Å². The van der Waals surface area contributed by atoms with Crippen LogP contribution in [0.1, 0.15) is 59.7 Å². The minimum absolute atomic E-state index is 0.132. The van der Waals surface area contributed by atoms with Gasteiger partial charge in [-0.05, 0) is 24.5 Å². The van der Waals surface area contributed by atoms with Crippen molar-refractivity contribution in [2.45, 2.75) is 46.6 Å². The first-order valence-corrected chi connectivity index (χ1v) is 7.70. The van der Waals surface area contributed by atoms with E-state index in [-0.39, 0.29) is 11.8 Å². The summed E-state index contributed by atoms with van der Waals surface area (Å²) >= 11 is 0. The van der Waals surface area contributed by atoms with Crippen molar-refractivity contribution < 1.29 is 4.79 Å². The highest BCUT2D eigenvalue weighted by atomic mass is 16.1. The second-order valence-corrected chi connectivity index (χ2v) is 5.73. The lowest BCUT2D eigenvalue weighted by molar-refractivity contribution is 0.0949. The summed E-state index contributed by atoms with van der Waals surface area (Å²) < 4.78 is 0. The highest BCUT2D eigenvalue weighted by Crippen LogP contribution is 2.12. The molecule has 0 spiro atoms. The summed E-state index contributed by atoms with van der Waals surface area (Å²) in [4.78, 5) is 20.9. The molecule has 0 aliphatic heterocycles. The Hall–Kier alpha value is -2.23. The highest BCUT2D eigenvalue weighted by molar-refractivity contribution is 5.94. The molecule has 1 amide bonds. The second kappa shape index (κ2) is 7.16. The van der Waals surface area contributed by atoms with Crippen LogP contribution in [0.15, 0.2) is 30.5 Å². The second-order valence-electron chi connectivity index (χ2n) is 5.73. The van der Waals surface area contributed by atoms with Gasteiger partial charge in [0.1, 0.15) is 5.82 Å². The van der Waals surface area contributed by atoms with Gasteiger partial charge >= 0.3 is 0 Å². The fourth-order valence-electron chi connectivity index (χ4n) is 2.16. The van der Waals surface area contributed by atoms with Crippen molar-refractivity contribution >= 4 is 5.91 Å². The van der Waals surface area contributed by atoms with Crippen molar-refractivity contribution in [2.24, 2.45) is 0 Å². The Labute approximate surface area is 132 Å². The maximum Gasteiger partial charge on any atom is 0.254 e. The van der Waals surface area contributed by atoms with Gasteiger partial charge in [-0.2, -0.15) is 0 Å². The van der Waals surface area contributed by atoms with E-state index in [0.717, 1.165) is 23.5 Å². The van der Waals surface area contributed by atoms with E-state index >= 15 is 0 Å². The Kier molecular flexibility index (Phi) is 5.26. The highest BCUT2D eigenvalue weighted by Gasteiger charge is 2.12. The topological polar surface area (TPSA) is 54.9 Å². The number of benzene rings is 1. The van der Waals surface area contributed by atoms with E-state index in [1.165, 1.54) is 5.56 Å². The molecule has 1 aromatic heterocycles. The van der Waals surface area contributed by atoms with E-state index in [4.69, 9.17) is 0 Å². The maximum atomic E-state index is 12.3. The molecule has 0 saturated carbocycles. The van der Waals surface area contributed by atoms with Crippen LogP contribution in [0.2, 0.25) is 0 Å². The molecule has 0 unspecified atom stereocenters. The minimum atomic E-state index is -0.132. The van der Waals surface area contributed by atoms with Gasteiger partial charge in [0.15, 0.2) is 0 Å². The molecule has 1 heterocycles. The van der Waals surface area contributed by atoms with Gasteiger partial charge in [0.25, 0.3) is 5.91 Å². The molecule has 0 fully saturated rings. The normalized spacial score (nSPS) is 10.8. The fourth-order valence-corrected chi connectivity index (χ4v) is 2.16. The molecule has 0 radical (unpaired) electrons. The number of rotatable bonds is 5. The molecule has 0 bridgehead atoms. The molecule has 4 nitrogen and oxygen atoms in total. The summed E-state index contributed by atoms with van der Waals surface area (Å²) in [6.45, 7) is 8.55. The van der Waals surface area contributed by atoms with E-state index in [1.807, 2.05) is 32.9 Å². The van der Waals surface area contributed by atoms with Gasteiger partial charge in [-0.1, -0.05) is 45.0 Å². The third-order valence-corrected chi connectivity index (χ3v) is 3.64. The summed E-state index contributed by atoms with van der Waals surface area (Å²) in [7, 11) is 0. The number of nitrogens with one attached hydrogen (secondary N) is 1. The Bertz CT molecular complexity index is 648. The smallest absolute Gasteiger partial charge is 0.254 e. The van der Waals surface area contributed by atoms with Crippen molar-refractivity contribution in [3.8, 4) is 0 Å². The maximum absolute atomic E-state index is 12.3. The van der Waals surface area contributed by atoms with Crippen LogP contribution in [-0.2, 0) is 13.0 Å². The number of hydrogen-bond donors (Lipinski definition) is 1. The van der Waals surface area contributed by atoms with Crippen LogP contribution < -0.4 is 5.32 Å². The number of aryl methyl sites for hydroxylation is 2. The average Bonchev–Trinajstić information content (AvgIpc) is 2.52. The van der Waals surface area contributed by atoms with Crippen LogP contribution in [0.3, 0.4) is 0 Å². The zero-order valence-corrected chi connectivity index (χ0v) is 13.7. The van der Waals surface area contributed by atoms with Gasteiger partial charge in [0.2, 0.25) is 0 Å². The monoisotopic (exact) mass is 297 g/mol. The van der Waals surface area contributed by atoms with Crippen LogP contribution in [-0.4, -0.2) is 15.9 Å². The van der Waals surface area contributed by atoms with Gasteiger partial charge in [-0.25, -0.2) is 9.97 Å². The predicted molar refractivity (Wildman–Crippen MR) is 87.8 cm³/mol. The van der Waals surface area contributed by atoms with Crippen molar-refractivity contribution in [1.82, 2.24) is 15.3 Å². The SMILES string of the molecule is CCc1ccc(CNC(=O)c2cnc(C(C)C)nc2C)cc1. The van der Waals surface area contributed by atoms with Crippen molar-refractivity contribution in [3.63, 3.8) is 0 Å². The van der Waals surface area contributed by atoms with Gasteiger partial charge in [-0.15, -0.1) is 0 Å². The fraction of sp³-hybridized carbons (Fsp3) is 0.389. The molecule has 22 heavy (non-hydrogen) atoms. The van der Waals surface area contributed by atoms with E-state index in [0.29, 0.717) is 12.1 Å². The molecule has 116 valence electrons. The summed E-state index contributed by atoms with van der Waals surface area (Å²) in [6, 6.07) is 8.27. The Morgan fingerprint density at radius 1 is 1.18 bits per heavy atom. The number of aromatic nitrogens is 2. The van der Waals surface area contributed by atoms with Crippen LogP contribution in [0.4, 0.5) is 0 Å². The molecule has 2 aromatic rings. The number of hydrogen-bond acceptors (Lipinski definition) is 3. The third-order valence-electron chi connectivity index (χ3n) is 3.64. The van der Waals surface area contributed by atoms with Crippen LogP contribution in [0, 0.1) is 6.92 Å². The molecular formula is C18H23N3O. The molecule has 0 aliphatic rings. The lowest BCUT2D eigenvalue weighted by Crippen LogP contribution is -2.24. The summed E-state index contributed by atoms with van der Waals surface area (Å²) in [5, 5.41) is 2.92. The molecule has 0 atom stereocenters. The molecule has 0 aliphatic carbocycles. The Balaban J connectivity index is 2.02. The largest absolute Gasteiger partial charge is 0.348 e. The van der Waals surface area contributed by atoms with E-state index < -0.39 is 0 Å². The molecule has 1 N–H and O–H groups in total. The van der Waals surface area contributed by atoms with Crippen molar-refractivity contribution in [3.05, 3.63) is 58.7 Å². The van der Waals surface area contributed by atoms with E-state index in [2.05, 4.69) is 34.3 Å². The van der Waals surface area contributed by atoms with Gasteiger partial charge in [0, 0.05) is 18.7 Å². The first kappa shape index (κ1) is 16.1. The number of nitrogens with zero attached hydrogens (tertiary/aromatic N) is 2. The first-order valence-electron chi connectivity index (χ1n) is 7.70. The minimum Gasteiger partial charge on any atom is -0.348 e. The third kappa shape index (κ3) is 3.91. The number of carbonyl (C=O) groups excluding carboxylic acids is 1. The predicted octanol–water partition coefficient (Wildman–Crippen LogP) is 3.40. The average molecular weight is 297 g/mol. The molecule has 2 rings (SSSR count). The van der Waals surface area contributed by atoms with Gasteiger partial charge in [-0.3, -0.25) is 4.79 Å². The standard InChI is InChI=1S/C18H23N3O/c1-5-14-6-8-15(9-7-14)10-20-18(22)16-11-19-17(12(2)3)21-13(16)4/h6-9,11-12H,5,10H2,1-4H3,(H,20,22). The number of carbonyl (C=O) groups is 1. The Morgan fingerprint density at radius 3 is 2.36 bits per heavy atom. The van der Waals surface area contributed by atoms with Crippen LogP contribution in [0.25, 0.3) is 0 Å². The zero-order valence-electron chi connectivity index (χ0n) is 13.7. The summed E-state index contributed by atoms with van der Waals surface area (Å²) in [5.74, 6) is 0.893. The lowest BCUT2D eigenvalue weighted by atomic mass is 10.1. The van der Waals surface area contributed by atoms with Gasteiger partial charge in [0.05, 0.1) is 11.3 Å². The van der Waals surface area contributed by atoms with Crippen molar-refractivity contribution in [1.29, 1.82) is 0 Å². The van der Waals surface area contributed by atoms with Gasteiger partial charge < -0.3 is 5.32 Å². The summed E-state index contributed by atoms with van der Waals surface area (Å²) in [6.07, 6.45) is 2.64. The molecule has 0 saturated heterocycles. The Morgan fingerprint density at radius 2 is 1.82 bits per heavy atom. The van der Waals surface area contributed by atoms with Crippen LogP contribution in [0.5, 0.6) is 0 Å². The van der Waals surface area contributed by atoms with E-state index in [9.17, 15) is 4.79 Å². The quantitative estimate of drug-likeness (QED) is 0.920. The molecule has 4 heteroatoms. The zero-order chi connectivity index (χ0) is 16.1. The summed E-state index contributed by atoms with van der Waals surface area (Å²) in [5.41, 5.74) is 3.64. The van der Waals surface area contributed by atoms with E-state index in [1.54, 1.807) is 6.20 Å². The van der Waals surface area contributed by atoms with Crippen molar-refractivity contribution in [2.75, 3.05) is 0 Å². The lowest BCUT2D eigenvalue weighted by Gasteiger charge is -2.10.